The number of phenolic OH excluding ortho intramolecular Hbond substituents is 1. The molecule has 0 saturated heterocycles. The third-order valence-electron chi connectivity index (χ3n) is 5.67. The highest BCUT2D eigenvalue weighted by atomic mass is 32.1. The summed E-state index contributed by atoms with van der Waals surface area (Å²) >= 11 is 3.10. The number of aromatic hydroxyl groups is 1. The van der Waals surface area contributed by atoms with Crippen molar-refractivity contribution in [2.75, 3.05) is 0 Å². The summed E-state index contributed by atoms with van der Waals surface area (Å²) in [6.07, 6.45) is 0. The van der Waals surface area contributed by atoms with Crippen LogP contribution in [0.5, 0.6) is 11.5 Å². The molecular formula is C30H20O5S2. The van der Waals surface area contributed by atoms with Crippen molar-refractivity contribution in [3.8, 4) is 11.5 Å². The molecule has 6 rings (SSSR count). The van der Waals surface area contributed by atoms with Crippen LogP contribution in [-0.2, 0) is 4.79 Å². The third kappa shape index (κ3) is 4.87. The first-order valence-electron chi connectivity index (χ1n) is 11.3. The molecule has 0 atom stereocenters. The fourth-order valence-corrected chi connectivity index (χ4v) is 5.93. The van der Waals surface area contributed by atoms with Crippen LogP contribution in [0.25, 0.3) is 40.3 Å². The first-order chi connectivity index (χ1) is 17.8. The van der Waals surface area contributed by atoms with E-state index in [1.54, 1.807) is 66.0 Å². The van der Waals surface area contributed by atoms with Gasteiger partial charge >= 0.3 is 5.97 Å². The van der Waals surface area contributed by atoms with Gasteiger partial charge < -0.3 is 9.84 Å². The fourth-order valence-electron chi connectivity index (χ4n) is 3.83. The van der Waals surface area contributed by atoms with Gasteiger partial charge in [-0.05, 0) is 67.6 Å². The molecule has 0 radical (unpaired) electrons. The average molecular weight is 525 g/mol. The highest BCUT2D eigenvalue weighted by Gasteiger charge is 2.10. The second-order valence-electron chi connectivity index (χ2n) is 8.36. The maximum atomic E-state index is 12.5. The number of phenols is 1. The van der Waals surface area contributed by atoms with Gasteiger partial charge in [-0.1, -0.05) is 30.8 Å². The van der Waals surface area contributed by atoms with E-state index in [4.69, 9.17) is 4.74 Å². The molecule has 0 aliphatic rings. The Labute approximate surface area is 219 Å². The standard InChI is InChI=1S/C17H12O3S.C13H8O2S/c1-10(2)17(19)20-11-7-8-15-13(9-11)16(18)12-5-3-4-6-14(12)21-15;14-8-5-6-12-10(7-8)13(15)9-3-1-2-4-11(9)16-12/h3-9H,1H2,2H3;1-7,14H. The van der Waals surface area contributed by atoms with Gasteiger partial charge in [0.05, 0.1) is 0 Å². The lowest BCUT2D eigenvalue weighted by molar-refractivity contribution is -0.130. The maximum absolute atomic E-state index is 12.5. The Kier molecular flexibility index (Phi) is 6.56. The topological polar surface area (TPSA) is 80.7 Å². The molecule has 2 aromatic heterocycles. The Morgan fingerprint density at radius 2 is 1.19 bits per heavy atom. The average Bonchev–Trinajstić information content (AvgIpc) is 2.90. The Bertz CT molecular complexity index is 1970. The molecule has 7 heteroatoms. The minimum absolute atomic E-state index is 0.0137. The highest BCUT2D eigenvalue weighted by Crippen LogP contribution is 2.28. The number of hydrogen-bond donors (Lipinski definition) is 1. The van der Waals surface area contributed by atoms with Gasteiger partial charge in [-0.25, -0.2) is 4.79 Å². The zero-order chi connectivity index (χ0) is 26.1. The second kappa shape index (κ2) is 9.97. The molecule has 6 aromatic rings. The van der Waals surface area contributed by atoms with Crippen LogP contribution in [-0.4, -0.2) is 11.1 Å². The molecule has 0 saturated carbocycles. The Morgan fingerprint density at radius 3 is 1.76 bits per heavy atom. The van der Waals surface area contributed by atoms with Crippen molar-refractivity contribution in [1.82, 2.24) is 0 Å². The molecule has 5 nitrogen and oxygen atoms in total. The summed E-state index contributed by atoms with van der Waals surface area (Å²) < 4.78 is 8.88. The summed E-state index contributed by atoms with van der Waals surface area (Å²) in [7, 11) is 0. The molecule has 37 heavy (non-hydrogen) atoms. The van der Waals surface area contributed by atoms with Crippen LogP contribution < -0.4 is 15.6 Å². The van der Waals surface area contributed by atoms with E-state index in [1.165, 1.54) is 6.07 Å². The molecule has 0 fully saturated rings. The Balaban J connectivity index is 0.000000157. The van der Waals surface area contributed by atoms with Gasteiger partial charge in [-0.3, -0.25) is 9.59 Å². The number of fused-ring (bicyclic) bond motifs is 4. The molecular weight excluding hydrogens is 504 g/mol. The maximum Gasteiger partial charge on any atom is 0.338 e. The zero-order valence-electron chi connectivity index (χ0n) is 19.7. The predicted molar refractivity (Wildman–Crippen MR) is 153 cm³/mol. The number of benzene rings is 4. The summed E-state index contributed by atoms with van der Waals surface area (Å²) in [5.74, 6) is -0.00609. The molecule has 0 amide bonds. The number of hydrogen-bond acceptors (Lipinski definition) is 7. The number of rotatable bonds is 2. The first-order valence-corrected chi connectivity index (χ1v) is 12.9. The highest BCUT2D eigenvalue weighted by molar-refractivity contribution is 7.24. The fraction of sp³-hybridized carbons (Fsp3) is 0.0333. The predicted octanol–water partition coefficient (Wildman–Crippen LogP) is 7.02. The van der Waals surface area contributed by atoms with Crippen molar-refractivity contribution in [3.05, 3.63) is 118 Å². The molecule has 0 spiro atoms. The summed E-state index contributed by atoms with van der Waals surface area (Å²) in [5.41, 5.74) is 0.256. The third-order valence-corrected chi connectivity index (χ3v) is 7.97. The van der Waals surface area contributed by atoms with Gasteiger partial charge in [-0.2, -0.15) is 0 Å². The Hall–Kier alpha value is -4.33. The quantitative estimate of drug-likeness (QED) is 0.114. The lowest BCUT2D eigenvalue weighted by Crippen LogP contribution is -2.08. The van der Waals surface area contributed by atoms with E-state index in [2.05, 4.69) is 6.58 Å². The van der Waals surface area contributed by atoms with E-state index in [0.29, 0.717) is 32.9 Å². The summed E-state index contributed by atoms with van der Waals surface area (Å²) in [6, 6.07) is 25.0. The normalized spacial score (nSPS) is 10.8. The first kappa shape index (κ1) is 24.4. The summed E-state index contributed by atoms with van der Waals surface area (Å²) in [6.45, 7) is 5.12. The van der Waals surface area contributed by atoms with Gasteiger partial charge in [-0.15, -0.1) is 22.7 Å². The van der Waals surface area contributed by atoms with Crippen molar-refractivity contribution >= 4 is 69.0 Å². The van der Waals surface area contributed by atoms with E-state index in [-0.39, 0.29) is 16.6 Å². The number of esters is 1. The van der Waals surface area contributed by atoms with Gasteiger partial charge in [0.2, 0.25) is 0 Å². The van der Waals surface area contributed by atoms with Crippen LogP contribution in [0.15, 0.2) is 107 Å². The van der Waals surface area contributed by atoms with Crippen LogP contribution >= 0.6 is 22.7 Å². The van der Waals surface area contributed by atoms with E-state index in [9.17, 15) is 19.5 Å². The Morgan fingerprint density at radius 1 is 0.703 bits per heavy atom. The summed E-state index contributed by atoms with van der Waals surface area (Å²) in [5, 5.41) is 11.9. The number of carbonyl (C=O) groups is 1. The van der Waals surface area contributed by atoms with Crippen molar-refractivity contribution < 1.29 is 14.6 Å². The molecule has 0 unspecified atom stereocenters. The molecule has 2 heterocycles. The van der Waals surface area contributed by atoms with Gasteiger partial charge in [0, 0.05) is 45.9 Å². The van der Waals surface area contributed by atoms with E-state index in [0.717, 1.165) is 18.8 Å². The molecule has 4 aromatic carbocycles. The van der Waals surface area contributed by atoms with Crippen LogP contribution in [0.3, 0.4) is 0 Å². The minimum atomic E-state index is -0.494. The molecule has 182 valence electrons. The lowest BCUT2D eigenvalue weighted by atomic mass is 10.2. The van der Waals surface area contributed by atoms with Crippen molar-refractivity contribution in [3.63, 3.8) is 0 Å². The van der Waals surface area contributed by atoms with Crippen molar-refractivity contribution in [2.24, 2.45) is 0 Å². The van der Waals surface area contributed by atoms with Gasteiger partial charge in [0.1, 0.15) is 11.5 Å². The smallest absolute Gasteiger partial charge is 0.338 e. The van der Waals surface area contributed by atoms with Gasteiger partial charge in [0.15, 0.2) is 10.9 Å². The van der Waals surface area contributed by atoms with Crippen molar-refractivity contribution in [1.29, 1.82) is 0 Å². The molecule has 0 bridgehead atoms. The van der Waals surface area contributed by atoms with Crippen LogP contribution in [0.2, 0.25) is 0 Å². The van der Waals surface area contributed by atoms with Crippen LogP contribution in [0.1, 0.15) is 6.92 Å². The number of carbonyl (C=O) groups excluding carboxylic acids is 1. The number of ether oxygens (including phenoxy) is 1. The molecule has 1 N–H and O–H groups in total. The zero-order valence-corrected chi connectivity index (χ0v) is 21.3. The van der Waals surface area contributed by atoms with E-state index >= 15 is 0 Å². The van der Waals surface area contributed by atoms with Crippen LogP contribution in [0, 0.1) is 0 Å². The monoisotopic (exact) mass is 524 g/mol. The largest absolute Gasteiger partial charge is 0.508 e. The van der Waals surface area contributed by atoms with Gasteiger partial charge in [0.25, 0.3) is 0 Å². The van der Waals surface area contributed by atoms with E-state index < -0.39 is 5.97 Å². The van der Waals surface area contributed by atoms with Crippen LogP contribution in [0.4, 0.5) is 0 Å². The molecule has 0 aliphatic carbocycles. The molecule has 0 aliphatic heterocycles. The lowest BCUT2D eigenvalue weighted by Gasteiger charge is -2.05. The van der Waals surface area contributed by atoms with E-state index in [1.807, 2.05) is 42.5 Å². The SMILES string of the molecule is C=C(C)C(=O)Oc1ccc2sc3ccccc3c(=O)c2c1.O=c1c2ccccc2sc2ccc(O)cc12. The van der Waals surface area contributed by atoms with Crippen molar-refractivity contribution in [2.45, 2.75) is 6.92 Å². The minimum Gasteiger partial charge on any atom is -0.508 e. The summed E-state index contributed by atoms with van der Waals surface area (Å²) in [4.78, 5) is 36.2. The second-order valence-corrected chi connectivity index (χ2v) is 10.5.